The van der Waals surface area contributed by atoms with E-state index in [0.717, 1.165) is 16.6 Å². The van der Waals surface area contributed by atoms with E-state index in [0.29, 0.717) is 0 Å². The molecular weight excluding hydrogens is 274 g/mol. The molecule has 3 aromatic rings. The Hall–Kier alpha value is -2.81. The van der Waals surface area contributed by atoms with Crippen molar-refractivity contribution in [3.63, 3.8) is 0 Å². The summed E-state index contributed by atoms with van der Waals surface area (Å²) in [7, 11) is 0. The summed E-state index contributed by atoms with van der Waals surface area (Å²) in [6.45, 7) is 2.08. The predicted molar refractivity (Wildman–Crippen MR) is 87.4 cm³/mol. The summed E-state index contributed by atoms with van der Waals surface area (Å²) in [5, 5.41) is 10.6. The monoisotopic (exact) mass is 289 g/mol. The molecule has 0 fully saturated rings. The largest absolute Gasteiger partial charge is 0.464 e. The molecule has 108 valence electrons. The second-order valence-corrected chi connectivity index (χ2v) is 5.66. The van der Waals surface area contributed by atoms with Gasteiger partial charge in [0.25, 0.3) is 0 Å². The van der Waals surface area contributed by atoms with Crippen molar-refractivity contribution >= 4 is 23.1 Å². The molecule has 1 aliphatic rings. The fourth-order valence-electron chi connectivity index (χ4n) is 3.37. The molecule has 0 aliphatic heterocycles. The van der Waals surface area contributed by atoms with Crippen LogP contribution in [0.4, 0.5) is 4.79 Å². The molecule has 4 rings (SSSR count). The van der Waals surface area contributed by atoms with Gasteiger partial charge in [-0.25, -0.2) is 9.36 Å². The molecule has 0 radical (unpaired) electrons. The first-order chi connectivity index (χ1) is 10.7. The van der Waals surface area contributed by atoms with Gasteiger partial charge < -0.3 is 5.11 Å². The van der Waals surface area contributed by atoms with Gasteiger partial charge in [0.1, 0.15) is 0 Å². The molecule has 1 atom stereocenters. The normalized spacial score (nSPS) is 16.1. The van der Waals surface area contributed by atoms with Gasteiger partial charge in [-0.15, -0.1) is 0 Å². The van der Waals surface area contributed by atoms with Crippen molar-refractivity contribution in [2.45, 2.75) is 12.8 Å². The van der Waals surface area contributed by atoms with Crippen molar-refractivity contribution in [1.29, 1.82) is 0 Å². The number of nitrogens with zero attached hydrogens (tertiary/aromatic N) is 1. The Kier molecular flexibility index (Phi) is 2.70. The van der Waals surface area contributed by atoms with Crippen LogP contribution in [-0.2, 0) is 0 Å². The van der Waals surface area contributed by atoms with Gasteiger partial charge in [-0.3, -0.25) is 0 Å². The summed E-state index contributed by atoms with van der Waals surface area (Å²) in [6.07, 6.45) is 3.25. The van der Waals surface area contributed by atoms with Crippen molar-refractivity contribution in [3.8, 4) is 0 Å². The third kappa shape index (κ3) is 1.72. The molecule has 0 spiro atoms. The number of hydrogen-bond acceptors (Lipinski definition) is 1. The molecule has 2 aromatic carbocycles. The van der Waals surface area contributed by atoms with Gasteiger partial charge in [0.15, 0.2) is 0 Å². The number of hydrogen-bond donors (Lipinski definition) is 1. The van der Waals surface area contributed by atoms with Gasteiger partial charge in [0.2, 0.25) is 0 Å². The van der Waals surface area contributed by atoms with Crippen LogP contribution in [0.5, 0.6) is 0 Å². The Balaban J connectivity index is 1.98. The number of aryl methyl sites for hydroxylation is 1. The first kappa shape index (κ1) is 12.9. The van der Waals surface area contributed by atoms with Gasteiger partial charge in [0, 0.05) is 17.0 Å². The number of allylic oxidation sites excluding steroid dienone is 1. The summed E-state index contributed by atoms with van der Waals surface area (Å²) in [4.78, 5) is 11.8. The Morgan fingerprint density at radius 2 is 1.95 bits per heavy atom. The van der Waals surface area contributed by atoms with Gasteiger partial charge in [-0.1, -0.05) is 48.6 Å². The molecule has 1 heterocycles. The van der Waals surface area contributed by atoms with Crippen LogP contribution in [0.1, 0.15) is 28.3 Å². The van der Waals surface area contributed by atoms with Crippen LogP contribution < -0.4 is 0 Å². The van der Waals surface area contributed by atoms with Crippen LogP contribution in [0.2, 0.25) is 0 Å². The van der Waals surface area contributed by atoms with Gasteiger partial charge in [0.05, 0.1) is 5.52 Å². The van der Waals surface area contributed by atoms with E-state index in [1.165, 1.54) is 21.3 Å². The van der Waals surface area contributed by atoms with Gasteiger partial charge in [-0.05, 0) is 35.7 Å². The van der Waals surface area contributed by atoms with E-state index in [9.17, 15) is 9.90 Å². The first-order valence-electron chi connectivity index (χ1n) is 7.28. The van der Waals surface area contributed by atoms with E-state index in [1.807, 2.05) is 36.4 Å². The Morgan fingerprint density at radius 3 is 2.77 bits per heavy atom. The number of fused-ring (bicyclic) bond motifs is 2. The highest BCUT2D eigenvalue weighted by Crippen LogP contribution is 2.38. The van der Waals surface area contributed by atoms with E-state index in [4.69, 9.17) is 0 Å². The molecule has 1 aromatic heterocycles. The van der Waals surface area contributed by atoms with Crippen molar-refractivity contribution in [2.24, 2.45) is 0 Å². The van der Waals surface area contributed by atoms with Gasteiger partial charge >= 0.3 is 6.09 Å². The number of aromatic nitrogens is 1. The number of rotatable bonds is 1. The van der Waals surface area contributed by atoms with Crippen molar-refractivity contribution < 1.29 is 9.90 Å². The van der Waals surface area contributed by atoms with Crippen LogP contribution in [0, 0.1) is 6.92 Å². The van der Waals surface area contributed by atoms with Crippen molar-refractivity contribution in [3.05, 3.63) is 77.0 Å². The van der Waals surface area contributed by atoms with E-state index >= 15 is 0 Å². The van der Waals surface area contributed by atoms with Crippen LogP contribution in [0.15, 0.2) is 54.6 Å². The minimum atomic E-state index is -0.939. The number of benzene rings is 2. The minimum Gasteiger partial charge on any atom is -0.464 e. The summed E-state index contributed by atoms with van der Waals surface area (Å²) in [5.74, 6) is -0.0154. The third-order valence-corrected chi connectivity index (χ3v) is 4.40. The minimum absolute atomic E-state index is 0.0154. The SMILES string of the molecule is Cc1cccc2c1C=CC2c1cc2ccccc2n1C(=O)O. The molecule has 1 N–H and O–H groups in total. The summed E-state index contributed by atoms with van der Waals surface area (Å²) in [5.41, 5.74) is 5.13. The van der Waals surface area contributed by atoms with E-state index in [1.54, 1.807) is 0 Å². The number of carboxylic acid groups (broad SMARTS) is 1. The molecule has 0 saturated heterocycles. The molecule has 1 unspecified atom stereocenters. The zero-order valence-electron chi connectivity index (χ0n) is 12.2. The lowest BCUT2D eigenvalue weighted by Crippen LogP contribution is -2.13. The molecule has 1 aliphatic carbocycles. The Labute approximate surface area is 128 Å². The summed E-state index contributed by atoms with van der Waals surface area (Å²) in [6, 6.07) is 15.8. The molecule has 0 saturated carbocycles. The lowest BCUT2D eigenvalue weighted by molar-refractivity contribution is 0.196. The van der Waals surface area contributed by atoms with Crippen molar-refractivity contribution in [2.75, 3.05) is 0 Å². The van der Waals surface area contributed by atoms with Crippen molar-refractivity contribution in [1.82, 2.24) is 4.57 Å². The standard InChI is InChI=1S/C19H15NO2/c1-12-5-4-7-15-14(12)9-10-16(15)18-11-13-6-2-3-8-17(13)20(18)19(21)22/h2-11,16H,1H3,(H,21,22). The maximum atomic E-state index is 11.8. The molecule has 0 amide bonds. The molecule has 0 bridgehead atoms. The van der Waals surface area contributed by atoms with Crippen LogP contribution >= 0.6 is 0 Å². The fraction of sp³-hybridized carbons (Fsp3) is 0.105. The third-order valence-electron chi connectivity index (χ3n) is 4.40. The highest BCUT2D eigenvalue weighted by molar-refractivity contribution is 5.91. The Morgan fingerprint density at radius 1 is 1.14 bits per heavy atom. The molecular formula is C19H15NO2. The average molecular weight is 289 g/mol. The maximum Gasteiger partial charge on any atom is 0.416 e. The highest BCUT2D eigenvalue weighted by Gasteiger charge is 2.26. The molecule has 3 nitrogen and oxygen atoms in total. The fourth-order valence-corrected chi connectivity index (χ4v) is 3.37. The summed E-state index contributed by atoms with van der Waals surface area (Å²) >= 11 is 0. The number of carbonyl (C=O) groups is 1. The molecule has 22 heavy (non-hydrogen) atoms. The zero-order valence-corrected chi connectivity index (χ0v) is 12.2. The second-order valence-electron chi connectivity index (χ2n) is 5.66. The van der Waals surface area contributed by atoms with E-state index in [-0.39, 0.29) is 5.92 Å². The lowest BCUT2D eigenvalue weighted by Gasteiger charge is -2.13. The highest BCUT2D eigenvalue weighted by atomic mass is 16.4. The smallest absolute Gasteiger partial charge is 0.416 e. The summed E-state index contributed by atoms with van der Waals surface area (Å²) < 4.78 is 1.40. The van der Waals surface area contributed by atoms with E-state index < -0.39 is 6.09 Å². The predicted octanol–water partition coefficient (Wildman–Crippen LogP) is 4.63. The Bertz CT molecular complexity index is 934. The van der Waals surface area contributed by atoms with Crippen LogP contribution in [-0.4, -0.2) is 15.8 Å². The zero-order chi connectivity index (χ0) is 15.3. The molecule has 3 heteroatoms. The lowest BCUT2D eigenvalue weighted by atomic mass is 9.95. The van der Waals surface area contributed by atoms with Crippen LogP contribution in [0.3, 0.4) is 0 Å². The van der Waals surface area contributed by atoms with Gasteiger partial charge in [-0.2, -0.15) is 0 Å². The quantitative estimate of drug-likeness (QED) is 0.709. The average Bonchev–Trinajstić information content (AvgIpc) is 3.08. The topological polar surface area (TPSA) is 42.2 Å². The van der Waals surface area contributed by atoms with E-state index in [2.05, 4.69) is 31.2 Å². The first-order valence-corrected chi connectivity index (χ1v) is 7.28. The second kappa shape index (κ2) is 4.60. The number of para-hydroxylation sites is 1. The maximum absolute atomic E-state index is 11.8. The van der Waals surface area contributed by atoms with Crippen LogP contribution in [0.25, 0.3) is 17.0 Å².